The molecule has 0 aliphatic carbocycles. The predicted molar refractivity (Wildman–Crippen MR) is 59.5 cm³/mol. The van der Waals surface area contributed by atoms with Gasteiger partial charge in [0.2, 0.25) is 5.96 Å². The summed E-state index contributed by atoms with van der Waals surface area (Å²) in [6.45, 7) is 2.91. The maximum absolute atomic E-state index is 13.2. The zero-order valence-electron chi connectivity index (χ0n) is 7.63. The number of halogens is 1. The summed E-state index contributed by atoms with van der Waals surface area (Å²) >= 11 is 2.68. The molecule has 0 radical (unpaired) electrons. The first kappa shape index (κ1) is 9.79. The molecule has 0 bridgehead atoms. The average molecular weight is 231 g/mol. The van der Waals surface area contributed by atoms with Crippen LogP contribution in [0.25, 0.3) is 0 Å². The molecule has 0 fully saturated rings. The monoisotopic (exact) mass is 231 g/mol. The molecular weight excluding hydrogens is 221 g/mol. The Morgan fingerprint density at radius 1 is 1.64 bits per heavy atom. The van der Waals surface area contributed by atoms with Crippen molar-refractivity contribution >= 4 is 34.9 Å². The van der Waals surface area contributed by atoms with Gasteiger partial charge in [-0.25, -0.2) is 4.39 Å². The van der Waals surface area contributed by atoms with Crippen LogP contribution >= 0.6 is 23.3 Å². The summed E-state index contributed by atoms with van der Waals surface area (Å²) in [5.74, 6) is 0.435. The van der Waals surface area contributed by atoms with E-state index in [2.05, 4.69) is 22.0 Å². The first-order valence-corrected chi connectivity index (χ1v) is 5.99. The van der Waals surface area contributed by atoms with E-state index in [4.69, 9.17) is 0 Å². The van der Waals surface area contributed by atoms with Crippen LogP contribution in [0.3, 0.4) is 0 Å². The van der Waals surface area contributed by atoms with Crippen LogP contribution in [0.5, 0.6) is 0 Å². The van der Waals surface area contributed by atoms with E-state index in [0.717, 1.165) is 17.2 Å². The van der Waals surface area contributed by atoms with Gasteiger partial charge in [-0.1, -0.05) is 6.92 Å². The average Bonchev–Trinajstić information content (AvgIpc) is 2.57. The summed E-state index contributed by atoms with van der Waals surface area (Å²) in [7, 11) is 0. The third kappa shape index (κ3) is 1.85. The molecule has 6 heteroatoms. The van der Waals surface area contributed by atoms with E-state index in [1.54, 1.807) is 0 Å². The van der Waals surface area contributed by atoms with Crippen LogP contribution in [-0.4, -0.2) is 12.5 Å². The zero-order valence-corrected chi connectivity index (χ0v) is 9.27. The van der Waals surface area contributed by atoms with Crippen molar-refractivity contribution < 1.29 is 4.39 Å². The number of hydrogen-bond donors (Lipinski definition) is 2. The lowest BCUT2D eigenvalue weighted by Crippen LogP contribution is -2.32. The van der Waals surface area contributed by atoms with Crippen molar-refractivity contribution in [1.82, 2.24) is 5.32 Å². The molecule has 1 aromatic rings. The Morgan fingerprint density at radius 2 is 2.50 bits per heavy atom. The standard InChI is InChI=1S/C8H10FN3S2/c1-2-3-10-8-11-6-5(9)4-13-7(6)14-12-8/h4H,2-3H2,1H3,(H2,10,11,12). The molecule has 2 N–H and O–H groups in total. The highest BCUT2D eigenvalue weighted by Gasteiger charge is 2.18. The second-order valence-electron chi connectivity index (χ2n) is 2.83. The van der Waals surface area contributed by atoms with E-state index in [0.29, 0.717) is 11.6 Å². The molecule has 0 amide bonds. The Kier molecular flexibility index (Phi) is 2.93. The number of rotatable bonds is 2. The first-order chi connectivity index (χ1) is 6.81. The van der Waals surface area contributed by atoms with E-state index in [1.807, 2.05) is 0 Å². The highest BCUT2D eigenvalue weighted by atomic mass is 32.2. The first-order valence-electron chi connectivity index (χ1n) is 4.34. The van der Waals surface area contributed by atoms with Gasteiger partial charge in [-0.3, -0.25) is 0 Å². The Labute approximate surface area is 89.9 Å². The van der Waals surface area contributed by atoms with Gasteiger partial charge in [0.1, 0.15) is 9.90 Å². The van der Waals surface area contributed by atoms with Crippen molar-refractivity contribution in [3.8, 4) is 0 Å². The summed E-state index contributed by atoms with van der Waals surface area (Å²) in [5.41, 5.74) is 0.550. The van der Waals surface area contributed by atoms with Crippen molar-refractivity contribution in [1.29, 1.82) is 0 Å². The normalized spacial score (nSPS) is 14.3. The number of anilines is 1. The minimum Gasteiger partial charge on any atom is -0.355 e. The molecule has 0 atom stereocenters. The fraction of sp³-hybridized carbons (Fsp3) is 0.375. The lowest BCUT2D eigenvalue weighted by Gasteiger charge is -2.14. The second kappa shape index (κ2) is 4.18. The molecule has 3 nitrogen and oxygen atoms in total. The third-order valence-corrected chi connectivity index (χ3v) is 3.62. The van der Waals surface area contributed by atoms with Crippen LogP contribution in [0, 0.1) is 5.82 Å². The van der Waals surface area contributed by atoms with E-state index in [9.17, 15) is 4.39 Å². The number of thiophene rings is 1. The molecule has 2 rings (SSSR count). The molecule has 1 aliphatic heterocycles. The molecule has 2 heterocycles. The number of fused-ring (bicyclic) bond motifs is 1. The van der Waals surface area contributed by atoms with Crippen molar-refractivity contribution in [3.05, 3.63) is 11.2 Å². The van der Waals surface area contributed by atoms with Gasteiger partial charge in [-0.2, -0.15) is 4.40 Å². The molecule has 14 heavy (non-hydrogen) atoms. The van der Waals surface area contributed by atoms with Gasteiger partial charge < -0.3 is 10.6 Å². The maximum atomic E-state index is 13.2. The van der Waals surface area contributed by atoms with Gasteiger partial charge in [0, 0.05) is 23.9 Å². The molecule has 0 saturated heterocycles. The maximum Gasteiger partial charge on any atom is 0.208 e. The smallest absolute Gasteiger partial charge is 0.208 e. The zero-order chi connectivity index (χ0) is 9.97. The van der Waals surface area contributed by atoms with Gasteiger partial charge in [-0.15, -0.1) is 11.3 Å². The third-order valence-electron chi connectivity index (χ3n) is 1.72. The van der Waals surface area contributed by atoms with Crippen molar-refractivity contribution in [2.75, 3.05) is 11.9 Å². The molecule has 0 saturated carbocycles. The highest BCUT2D eigenvalue weighted by Crippen LogP contribution is 2.38. The summed E-state index contributed by atoms with van der Waals surface area (Å²) in [6.07, 6.45) is 1.02. The summed E-state index contributed by atoms with van der Waals surface area (Å²) < 4.78 is 18.2. The highest BCUT2D eigenvalue weighted by molar-refractivity contribution is 8.00. The number of guanidine groups is 1. The second-order valence-corrected chi connectivity index (χ2v) is 4.74. The van der Waals surface area contributed by atoms with Crippen LogP contribution in [0.2, 0.25) is 0 Å². The van der Waals surface area contributed by atoms with E-state index < -0.39 is 0 Å². The van der Waals surface area contributed by atoms with Crippen LogP contribution in [0.1, 0.15) is 13.3 Å². The molecule has 1 aliphatic rings. The molecule has 1 aromatic heterocycles. The van der Waals surface area contributed by atoms with Crippen LogP contribution in [0.15, 0.2) is 14.0 Å². The molecule has 76 valence electrons. The lowest BCUT2D eigenvalue weighted by molar-refractivity contribution is 0.635. The number of nitrogens with zero attached hydrogens (tertiary/aromatic N) is 1. The van der Waals surface area contributed by atoms with Crippen molar-refractivity contribution in [3.63, 3.8) is 0 Å². The Hall–Kier alpha value is -0.750. The Morgan fingerprint density at radius 3 is 3.29 bits per heavy atom. The Bertz CT molecular complexity index is 361. The van der Waals surface area contributed by atoms with E-state index >= 15 is 0 Å². The number of hydrogen-bond acceptors (Lipinski definition) is 5. The van der Waals surface area contributed by atoms with Gasteiger partial charge >= 0.3 is 0 Å². The lowest BCUT2D eigenvalue weighted by atomic mass is 10.5. The van der Waals surface area contributed by atoms with Gasteiger partial charge in [0.05, 0.1) is 0 Å². The van der Waals surface area contributed by atoms with E-state index in [-0.39, 0.29) is 5.82 Å². The fourth-order valence-corrected chi connectivity index (χ4v) is 2.59. The SMILES string of the molecule is CCCNC1=NSc2scc(F)c2N1. The van der Waals surface area contributed by atoms with Crippen LogP contribution in [0.4, 0.5) is 10.1 Å². The summed E-state index contributed by atoms with van der Waals surface area (Å²) in [6, 6.07) is 0. The van der Waals surface area contributed by atoms with Crippen LogP contribution < -0.4 is 10.6 Å². The Balaban J connectivity index is 2.07. The molecule has 0 spiro atoms. The largest absolute Gasteiger partial charge is 0.355 e. The molecular formula is C8H10FN3S2. The van der Waals surface area contributed by atoms with Gasteiger partial charge in [-0.05, 0) is 6.42 Å². The quantitative estimate of drug-likeness (QED) is 0.768. The van der Waals surface area contributed by atoms with Crippen LogP contribution in [-0.2, 0) is 0 Å². The number of nitrogens with one attached hydrogen (secondary N) is 2. The van der Waals surface area contributed by atoms with Gasteiger partial charge in [0.15, 0.2) is 5.82 Å². The topological polar surface area (TPSA) is 36.4 Å². The van der Waals surface area contributed by atoms with Gasteiger partial charge in [0.25, 0.3) is 0 Å². The minimum atomic E-state index is -0.205. The molecule has 0 aromatic carbocycles. The minimum absolute atomic E-state index is 0.205. The van der Waals surface area contributed by atoms with Crippen molar-refractivity contribution in [2.45, 2.75) is 17.6 Å². The summed E-state index contributed by atoms with van der Waals surface area (Å²) in [4.78, 5) is 0. The molecule has 0 unspecified atom stereocenters. The summed E-state index contributed by atoms with van der Waals surface area (Å²) in [5, 5.41) is 7.51. The fourth-order valence-electron chi connectivity index (χ4n) is 1.05. The van der Waals surface area contributed by atoms with E-state index in [1.165, 1.54) is 28.7 Å². The van der Waals surface area contributed by atoms with Crippen molar-refractivity contribution in [2.24, 2.45) is 4.40 Å². The predicted octanol–water partition coefficient (Wildman–Crippen LogP) is 2.68.